The summed E-state index contributed by atoms with van der Waals surface area (Å²) in [5.41, 5.74) is 6.34. The second-order valence-electron chi connectivity index (χ2n) is 4.10. The minimum Gasteiger partial charge on any atom is -0.480 e. The van der Waals surface area contributed by atoms with Gasteiger partial charge in [-0.1, -0.05) is 30.3 Å². The number of nitrogens with two attached hydrogens (primary N) is 1. The molecule has 5 nitrogen and oxygen atoms in total. The SMILES string of the molecule is C#CCC(N)C(=O)N[C@@H](Cc1ccccc1)C(=O)O. The standard InChI is InChI=1S/C14H16N2O3/c1-2-6-11(15)13(17)16-12(14(18)19)9-10-7-4-3-5-8-10/h1,3-5,7-8,11-12H,6,9,15H2,(H,16,17)(H,18,19)/t11?,12-/m0/s1. The molecule has 0 fully saturated rings. The van der Waals surface area contributed by atoms with Crippen LogP contribution in [0.5, 0.6) is 0 Å². The fourth-order valence-corrected chi connectivity index (χ4v) is 1.55. The van der Waals surface area contributed by atoms with Crippen LogP contribution in [0.2, 0.25) is 0 Å². The van der Waals surface area contributed by atoms with Gasteiger partial charge < -0.3 is 16.2 Å². The average Bonchev–Trinajstić information content (AvgIpc) is 2.39. The Hall–Kier alpha value is -2.32. The van der Waals surface area contributed by atoms with E-state index >= 15 is 0 Å². The number of hydrogen-bond donors (Lipinski definition) is 3. The first-order valence-corrected chi connectivity index (χ1v) is 5.80. The van der Waals surface area contributed by atoms with Crippen molar-refractivity contribution in [3.05, 3.63) is 35.9 Å². The highest BCUT2D eigenvalue weighted by Crippen LogP contribution is 2.04. The number of carbonyl (C=O) groups excluding carboxylic acids is 1. The van der Waals surface area contributed by atoms with Gasteiger partial charge in [0.05, 0.1) is 6.04 Å². The lowest BCUT2D eigenvalue weighted by atomic mass is 10.1. The molecule has 0 radical (unpaired) electrons. The van der Waals surface area contributed by atoms with Crippen LogP contribution in [0.15, 0.2) is 30.3 Å². The normalized spacial score (nSPS) is 13.1. The zero-order chi connectivity index (χ0) is 14.3. The number of carboxylic acid groups (broad SMARTS) is 1. The van der Waals surface area contributed by atoms with Crippen LogP contribution in [0.1, 0.15) is 12.0 Å². The number of amides is 1. The highest BCUT2D eigenvalue weighted by atomic mass is 16.4. The lowest BCUT2D eigenvalue weighted by molar-refractivity contribution is -0.141. The number of terminal acetylenes is 1. The predicted octanol–water partition coefficient (Wildman–Crippen LogP) is 0.149. The number of aliphatic carboxylic acids is 1. The maximum absolute atomic E-state index is 11.6. The quantitative estimate of drug-likeness (QED) is 0.635. The van der Waals surface area contributed by atoms with Gasteiger partial charge in [0, 0.05) is 12.8 Å². The Kier molecular flexibility index (Phi) is 5.58. The first-order chi connectivity index (χ1) is 9.04. The Labute approximate surface area is 111 Å². The molecule has 0 saturated carbocycles. The summed E-state index contributed by atoms with van der Waals surface area (Å²) in [5, 5.41) is 11.5. The third kappa shape index (κ3) is 4.82. The molecular weight excluding hydrogens is 244 g/mol. The first kappa shape index (κ1) is 14.7. The van der Waals surface area contributed by atoms with E-state index in [0.717, 1.165) is 5.56 Å². The highest BCUT2D eigenvalue weighted by molar-refractivity contribution is 5.87. The van der Waals surface area contributed by atoms with Crippen molar-refractivity contribution in [1.82, 2.24) is 5.32 Å². The molecule has 0 aliphatic carbocycles. The van der Waals surface area contributed by atoms with E-state index in [4.69, 9.17) is 17.3 Å². The van der Waals surface area contributed by atoms with E-state index in [9.17, 15) is 9.59 Å². The van der Waals surface area contributed by atoms with E-state index in [2.05, 4.69) is 11.2 Å². The molecule has 0 saturated heterocycles. The van der Waals surface area contributed by atoms with Crippen molar-refractivity contribution in [2.45, 2.75) is 24.9 Å². The number of benzene rings is 1. The molecule has 0 aliphatic heterocycles. The second-order valence-corrected chi connectivity index (χ2v) is 4.10. The summed E-state index contributed by atoms with van der Waals surface area (Å²) in [7, 11) is 0. The van der Waals surface area contributed by atoms with Crippen molar-refractivity contribution >= 4 is 11.9 Å². The van der Waals surface area contributed by atoms with E-state index in [1.54, 1.807) is 24.3 Å². The van der Waals surface area contributed by atoms with Gasteiger partial charge in [0.2, 0.25) is 5.91 Å². The maximum Gasteiger partial charge on any atom is 0.326 e. The van der Waals surface area contributed by atoms with Crippen LogP contribution in [0.25, 0.3) is 0 Å². The van der Waals surface area contributed by atoms with Gasteiger partial charge in [-0.3, -0.25) is 4.79 Å². The maximum atomic E-state index is 11.6. The summed E-state index contributed by atoms with van der Waals surface area (Å²) in [5.74, 6) is 0.607. The summed E-state index contributed by atoms with van der Waals surface area (Å²) in [6.45, 7) is 0. The topological polar surface area (TPSA) is 92.4 Å². The smallest absolute Gasteiger partial charge is 0.326 e. The highest BCUT2D eigenvalue weighted by Gasteiger charge is 2.23. The van der Waals surface area contributed by atoms with Crippen LogP contribution >= 0.6 is 0 Å². The fourth-order valence-electron chi connectivity index (χ4n) is 1.55. The number of carboxylic acids is 1. The lowest BCUT2D eigenvalue weighted by Crippen LogP contribution is -2.49. The van der Waals surface area contributed by atoms with Crippen molar-refractivity contribution < 1.29 is 14.7 Å². The molecule has 4 N–H and O–H groups in total. The molecule has 0 aliphatic rings. The van der Waals surface area contributed by atoms with Crippen LogP contribution in [-0.4, -0.2) is 29.1 Å². The summed E-state index contributed by atoms with van der Waals surface area (Å²) >= 11 is 0. The van der Waals surface area contributed by atoms with Crippen LogP contribution in [0.4, 0.5) is 0 Å². The predicted molar refractivity (Wildman–Crippen MR) is 71.1 cm³/mol. The summed E-state index contributed by atoms with van der Waals surface area (Å²) < 4.78 is 0. The number of carbonyl (C=O) groups is 2. The van der Waals surface area contributed by atoms with Crippen LogP contribution < -0.4 is 11.1 Å². The minimum absolute atomic E-state index is 0.0729. The van der Waals surface area contributed by atoms with Crippen LogP contribution in [0, 0.1) is 12.3 Å². The Morgan fingerprint density at radius 3 is 2.53 bits per heavy atom. The van der Waals surface area contributed by atoms with Gasteiger partial charge in [-0.15, -0.1) is 12.3 Å². The van der Waals surface area contributed by atoms with Gasteiger partial charge in [0.25, 0.3) is 0 Å². The number of nitrogens with one attached hydrogen (secondary N) is 1. The number of rotatable bonds is 6. The summed E-state index contributed by atoms with van der Waals surface area (Å²) in [6.07, 6.45) is 5.33. The van der Waals surface area contributed by atoms with Gasteiger partial charge in [-0.25, -0.2) is 4.79 Å². The summed E-state index contributed by atoms with van der Waals surface area (Å²) in [6, 6.07) is 7.13. The molecule has 1 aromatic rings. The molecular formula is C14H16N2O3. The van der Waals surface area contributed by atoms with Gasteiger partial charge >= 0.3 is 5.97 Å². The van der Waals surface area contributed by atoms with Crippen molar-refractivity contribution in [1.29, 1.82) is 0 Å². The molecule has 5 heteroatoms. The molecule has 0 aromatic heterocycles. The molecule has 1 aromatic carbocycles. The van der Waals surface area contributed by atoms with Crippen LogP contribution in [-0.2, 0) is 16.0 Å². The van der Waals surface area contributed by atoms with E-state index in [0.29, 0.717) is 0 Å². The van der Waals surface area contributed by atoms with E-state index in [1.807, 2.05) is 6.07 Å². The Balaban J connectivity index is 2.67. The Bertz CT molecular complexity index is 479. The lowest BCUT2D eigenvalue weighted by Gasteiger charge is -2.16. The fraction of sp³-hybridized carbons (Fsp3) is 0.286. The van der Waals surface area contributed by atoms with Crippen molar-refractivity contribution in [2.75, 3.05) is 0 Å². The molecule has 1 unspecified atom stereocenters. The van der Waals surface area contributed by atoms with Gasteiger partial charge in [-0.2, -0.15) is 0 Å². The van der Waals surface area contributed by atoms with E-state index in [1.165, 1.54) is 0 Å². The molecule has 0 bridgehead atoms. The monoisotopic (exact) mass is 260 g/mol. The third-order valence-electron chi connectivity index (χ3n) is 2.57. The van der Waals surface area contributed by atoms with Gasteiger partial charge in [0.1, 0.15) is 6.04 Å². The Morgan fingerprint density at radius 2 is 2.00 bits per heavy atom. The zero-order valence-corrected chi connectivity index (χ0v) is 10.4. The largest absolute Gasteiger partial charge is 0.480 e. The molecule has 0 heterocycles. The van der Waals surface area contributed by atoms with Crippen LogP contribution in [0.3, 0.4) is 0 Å². The van der Waals surface area contributed by atoms with E-state index in [-0.39, 0.29) is 12.8 Å². The molecule has 0 spiro atoms. The first-order valence-electron chi connectivity index (χ1n) is 5.80. The van der Waals surface area contributed by atoms with Gasteiger partial charge in [0.15, 0.2) is 0 Å². The number of hydrogen-bond acceptors (Lipinski definition) is 3. The van der Waals surface area contributed by atoms with Crippen molar-refractivity contribution in [3.63, 3.8) is 0 Å². The zero-order valence-electron chi connectivity index (χ0n) is 10.4. The molecule has 100 valence electrons. The average molecular weight is 260 g/mol. The summed E-state index contributed by atoms with van der Waals surface area (Å²) in [4.78, 5) is 22.8. The van der Waals surface area contributed by atoms with Gasteiger partial charge in [-0.05, 0) is 5.56 Å². The molecule has 1 amide bonds. The second kappa shape index (κ2) is 7.19. The molecule has 19 heavy (non-hydrogen) atoms. The minimum atomic E-state index is -1.11. The van der Waals surface area contributed by atoms with Crippen molar-refractivity contribution in [2.24, 2.45) is 5.73 Å². The third-order valence-corrected chi connectivity index (χ3v) is 2.57. The molecule has 2 atom stereocenters. The van der Waals surface area contributed by atoms with Crippen molar-refractivity contribution in [3.8, 4) is 12.3 Å². The Morgan fingerprint density at radius 1 is 1.37 bits per heavy atom. The molecule has 1 rings (SSSR count). The van der Waals surface area contributed by atoms with E-state index < -0.39 is 24.0 Å².